The predicted molar refractivity (Wildman–Crippen MR) is 251 cm³/mol. The van der Waals surface area contributed by atoms with Crippen molar-refractivity contribution in [2.45, 2.75) is 0 Å². The van der Waals surface area contributed by atoms with Crippen LogP contribution in [0.25, 0.3) is 55.8 Å². The molecular weight excluding hydrogens is 729 g/mol. The molecule has 0 spiro atoms. The lowest BCUT2D eigenvalue weighted by atomic mass is 9.98. The van der Waals surface area contributed by atoms with Crippen LogP contribution in [0.5, 0.6) is 0 Å². The van der Waals surface area contributed by atoms with Gasteiger partial charge in [-0.25, -0.2) is 9.97 Å². The van der Waals surface area contributed by atoms with Gasteiger partial charge in [0.15, 0.2) is 0 Å². The number of rotatable bonds is 10. The van der Waals surface area contributed by atoms with Gasteiger partial charge in [-0.15, -0.1) is 0 Å². The van der Waals surface area contributed by atoms with Crippen LogP contribution in [0, 0.1) is 0 Å². The van der Waals surface area contributed by atoms with Crippen molar-refractivity contribution in [3.05, 3.63) is 243 Å². The molecule has 60 heavy (non-hydrogen) atoms. The third-order valence-corrected chi connectivity index (χ3v) is 10.8. The van der Waals surface area contributed by atoms with E-state index in [2.05, 4.69) is 228 Å². The van der Waals surface area contributed by atoms with Crippen LogP contribution < -0.4 is 9.80 Å². The van der Waals surface area contributed by atoms with Crippen LogP contribution in [0.3, 0.4) is 0 Å². The first-order valence-corrected chi connectivity index (χ1v) is 20.2. The first-order valence-electron chi connectivity index (χ1n) is 20.2. The Morgan fingerprint density at radius 2 is 0.500 bits per heavy atom. The maximum Gasteiger partial charge on any atom is 0.0973 e. The second-order valence-corrected chi connectivity index (χ2v) is 14.7. The highest BCUT2D eigenvalue weighted by Gasteiger charge is 2.17. The van der Waals surface area contributed by atoms with Crippen LogP contribution in [0.15, 0.2) is 243 Å². The van der Waals surface area contributed by atoms with E-state index in [1.54, 1.807) is 0 Å². The van der Waals surface area contributed by atoms with E-state index in [0.717, 1.165) is 89.9 Å². The van der Waals surface area contributed by atoms with Crippen molar-refractivity contribution < 1.29 is 0 Å². The Kier molecular flexibility index (Phi) is 9.92. The van der Waals surface area contributed by atoms with Gasteiger partial charge in [-0.1, -0.05) is 158 Å². The lowest BCUT2D eigenvalue weighted by molar-refractivity contribution is 1.28. The van der Waals surface area contributed by atoms with Crippen molar-refractivity contribution in [2.24, 2.45) is 0 Å². The molecule has 0 atom stereocenters. The van der Waals surface area contributed by atoms with Crippen molar-refractivity contribution in [1.29, 1.82) is 0 Å². The van der Waals surface area contributed by atoms with Gasteiger partial charge in [-0.3, -0.25) is 0 Å². The average Bonchev–Trinajstić information content (AvgIpc) is 3.33. The van der Waals surface area contributed by atoms with Crippen molar-refractivity contribution in [3.8, 4) is 44.8 Å². The fourth-order valence-electron chi connectivity index (χ4n) is 7.90. The van der Waals surface area contributed by atoms with Crippen LogP contribution in [-0.2, 0) is 0 Å². The number of aromatic nitrogens is 2. The maximum atomic E-state index is 5.22. The maximum absolute atomic E-state index is 5.22. The van der Waals surface area contributed by atoms with Gasteiger partial charge in [0, 0.05) is 45.3 Å². The normalized spacial score (nSPS) is 11.0. The minimum atomic E-state index is 0.851. The van der Waals surface area contributed by atoms with E-state index in [4.69, 9.17) is 9.97 Å². The van der Waals surface area contributed by atoms with Crippen LogP contribution in [0.2, 0.25) is 0 Å². The van der Waals surface area contributed by atoms with Gasteiger partial charge in [0.25, 0.3) is 0 Å². The van der Waals surface area contributed by atoms with Crippen molar-refractivity contribution in [2.75, 3.05) is 9.80 Å². The van der Waals surface area contributed by atoms with Gasteiger partial charge in [0.2, 0.25) is 0 Å². The number of hydrogen-bond acceptors (Lipinski definition) is 4. The minimum absolute atomic E-state index is 0.851. The highest BCUT2D eigenvalue weighted by Crippen LogP contribution is 2.39. The predicted octanol–water partition coefficient (Wildman–Crippen LogP) is 15.2. The molecule has 0 amide bonds. The number of hydrogen-bond donors (Lipinski definition) is 0. The van der Waals surface area contributed by atoms with Gasteiger partial charge < -0.3 is 9.80 Å². The Morgan fingerprint density at radius 1 is 0.217 bits per heavy atom. The van der Waals surface area contributed by atoms with E-state index in [1.807, 2.05) is 24.3 Å². The molecule has 0 bridgehead atoms. The Balaban J connectivity index is 0.980. The second-order valence-electron chi connectivity index (χ2n) is 14.7. The SMILES string of the molecule is c1ccc(N(c2ccccc2)c2cccc(-c3ccc(-c4nc5ccccc5nc4-c4ccc(-c5cccc(N(c6ccccc6)c6ccccc6)c5)cc4)cc3)c2)cc1. The van der Waals surface area contributed by atoms with Crippen molar-refractivity contribution in [3.63, 3.8) is 0 Å². The van der Waals surface area contributed by atoms with Crippen LogP contribution >= 0.6 is 0 Å². The summed E-state index contributed by atoms with van der Waals surface area (Å²) < 4.78 is 0. The number of anilines is 6. The van der Waals surface area contributed by atoms with E-state index in [-0.39, 0.29) is 0 Å². The summed E-state index contributed by atoms with van der Waals surface area (Å²) in [6.07, 6.45) is 0. The number of nitrogens with zero attached hydrogens (tertiary/aromatic N) is 4. The highest BCUT2D eigenvalue weighted by atomic mass is 15.1. The number of benzene rings is 9. The van der Waals surface area contributed by atoms with E-state index < -0.39 is 0 Å². The summed E-state index contributed by atoms with van der Waals surface area (Å²) in [4.78, 5) is 15.0. The van der Waals surface area contributed by atoms with Gasteiger partial charge in [0.1, 0.15) is 0 Å². The Morgan fingerprint density at radius 3 is 0.833 bits per heavy atom. The molecule has 0 aliphatic carbocycles. The largest absolute Gasteiger partial charge is 0.310 e. The fraction of sp³-hybridized carbons (Fsp3) is 0. The summed E-state index contributed by atoms with van der Waals surface area (Å²) >= 11 is 0. The quantitative estimate of drug-likeness (QED) is 0.139. The zero-order valence-electron chi connectivity index (χ0n) is 32.9. The molecule has 1 aromatic heterocycles. The smallest absolute Gasteiger partial charge is 0.0973 e. The van der Waals surface area contributed by atoms with Crippen molar-refractivity contribution >= 4 is 45.2 Å². The molecule has 4 heteroatoms. The van der Waals surface area contributed by atoms with Gasteiger partial charge in [-0.05, 0) is 107 Å². The lowest BCUT2D eigenvalue weighted by Gasteiger charge is -2.26. The zero-order chi connectivity index (χ0) is 40.1. The molecular formula is C56H40N4. The third-order valence-electron chi connectivity index (χ3n) is 10.8. The molecule has 0 N–H and O–H groups in total. The lowest BCUT2D eigenvalue weighted by Crippen LogP contribution is -2.09. The minimum Gasteiger partial charge on any atom is -0.310 e. The zero-order valence-corrected chi connectivity index (χ0v) is 32.9. The summed E-state index contributed by atoms with van der Waals surface area (Å²) in [6.45, 7) is 0. The molecule has 0 unspecified atom stereocenters. The summed E-state index contributed by atoms with van der Waals surface area (Å²) in [7, 11) is 0. The molecule has 0 saturated heterocycles. The Bertz CT molecular complexity index is 2720. The average molecular weight is 769 g/mol. The molecule has 0 aliphatic heterocycles. The van der Waals surface area contributed by atoms with E-state index in [9.17, 15) is 0 Å². The van der Waals surface area contributed by atoms with Crippen LogP contribution in [0.4, 0.5) is 34.1 Å². The van der Waals surface area contributed by atoms with Gasteiger partial charge in [-0.2, -0.15) is 0 Å². The Labute approximate surface area is 351 Å². The first kappa shape index (κ1) is 36.3. The fourth-order valence-corrected chi connectivity index (χ4v) is 7.90. The third kappa shape index (κ3) is 7.42. The molecule has 4 nitrogen and oxygen atoms in total. The van der Waals surface area contributed by atoms with E-state index in [0.29, 0.717) is 0 Å². The monoisotopic (exact) mass is 768 g/mol. The molecule has 0 saturated carbocycles. The summed E-state index contributed by atoms with van der Waals surface area (Å²) in [5, 5.41) is 0. The Hall–Kier alpha value is -8.08. The highest BCUT2D eigenvalue weighted by molar-refractivity contribution is 5.88. The molecule has 284 valence electrons. The number of fused-ring (bicyclic) bond motifs is 1. The van der Waals surface area contributed by atoms with Crippen molar-refractivity contribution in [1.82, 2.24) is 9.97 Å². The second kappa shape index (κ2) is 16.4. The molecule has 0 aliphatic rings. The van der Waals surface area contributed by atoms with E-state index in [1.165, 1.54) is 0 Å². The van der Waals surface area contributed by atoms with Crippen LogP contribution in [-0.4, -0.2) is 9.97 Å². The van der Waals surface area contributed by atoms with Gasteiger partial charge in [0.05, 0.1) is 22.4 Å². The summed E-state index contributed by atoms with van der Waals surface area (Å²) in [5.74, 6) is 0. The van der Waals surface area contributed by atoms with E-state index >= 15 is 0 Å². The topological polar surface area (TPSA) is 32.3 Å². The summed E-state index contributed by atoms with van der Waals surface area (Å²) in [6, 6.07) is 85.0. The molecule has 10 aromatic rings. The molecule has 9 aromatic carbocycles. The molecule has 1 heterocycles. The van der Waals surface area contributed by atoms with Crippen LogP contribution in [0.1, 0.15) is 0 Å². The van der Waals surface area contributed by atoms with Gasteiger partial charge >= 0.3 is 0 Å². The molecule has 10 rings (SSSR count). The molecule has 0 fully saturated rings. The standard InChI is InChI=1S/C56H40N4/c1-5-19-47(20-6-1)59(48-21-7-2-8-22-48)51-27-15-17-45(39-51)41-31-35-43(36-32-41)55-56(58-54-30-14-13-29-53(54)57-55)44-37-33-42(34-38-44)46-18-16-28-52(40-46)60(49-23-9-3-10-24-49)50-25-11-4-12-26-50/h1-40H. The summed E-state index contributed by atoms with van der Waals surface area (Å²) in [5.41, 5.74) is 16.6. The number of para-hydroxylation sites is 6. The molecule has 0 radical (unpaired) electrons. The first-order chi connectivity index (χ1) is 29.7.